The summed E-state index contributed by atoms with van der Waals surface area (Å²) >= 11 is 0. The molecule has 0 amide bonds. The molecule has 1 aromatic heterocycles. The van der Waals surface area contributed by atoms with Crippen LogP contribution in [0.2, 0.25) is 0 Å². The maximum atomic E-state index is 4.94. The quantitative estimate of drug-likeness (QED) is 0.872. The number of aromatic nitrogens is 2. The molecule has 2 aliphatic carbocycles. The molecule has 4 heteroatoms. The van der Waals surface area contributed by atoms with E-state index in [4.69, 9.17) is 9.97 Å². The van der Waals surface area contributed by atoms with Crippen LogP contribution in [0.4, 0.5) is 11.8 Å². The molecule has 0 atom stereocenters. The maximum Gasteiger partial charge on any atom is 0.225 e. The summed E-state index contributed by atoms with van der Waals surface area (Å²) in [5.74, 6) is 2.62. The van der Waals surface area contributed by atoms with Crippen molar-refractivity contribution >= 4 is 11.8 Å². The first kappa shape index (κ1) is 16.1. The van der Waals surface area contributed by atoms with Gasteiger partial charge in [-0.05, 0) is 43.2 Å². The summed E-state index contributed by atoms with van der Waals surface area (Å²) in [5.41, 5.74) is 4.17. The van der Waals surface area contributed by atoms with E-state index in [2.05, 4.69) is 40.5 Å². The van der Waals surface area contributed by atoms with Crippen molar-refractivity contribution in [3.05, 3.63) is 47.2 Å². The van der Waals surface area contributed by atoms with Gasteiger partial charge >= 0.3 is 0 Å². The fourth-order valence-electron chi connectivity index (χ4n) is 4.39. The van der Waals surface area contributed by atoms with Crippen molar-refractivity contribution in [3.63, 3.8) is 0 Å². The highest BCUT2D eigenvalue weighted by atomic mass is 15.2. The topological polar surface area (TPSA) is 41.1 Å². The minimum absolute atomic E-state index is 0.549. The highest BCUT2D eigenvalue weighted by Crippen LogP contribution is 2.40. The van der Waals surface area contributed by atoms with E-state index in [0.717, 1.165) is 31.3 Å². The van der Waals surface area contributed by atoms with Crippen LogP contribution >= 0.6 is 0 Å². The van der Waals surface area contributed by atoms with Crippen molar-refractivity contribution in [2.75, 3.05) is 16.8 Å². The van der Waals surface area contributed by atoms with Crippen LogP contribution in [0.1, 0.15) is 67.7 Å². The summed E-state index contributed by atoms with van der Waals surface area (Å²) < 4.78 is 0. The van der Waals surface area contributed by atoms with E-state index in [1.165, 1.54) is 61.8 Å². The lowest BCUT2D eigenvalue weighted by molar-refractivity contribution is 0.460. The van der Waals surface area contributed by atoms with Crippen molar-refractivity contribution in [2.24, 2.45) is 0 Å². The van der Waals surface area contributed by atoms with Gasteiger partial charge in [0.15, 0.2) is 0 Å². The van der Waals surface area contributed by atoms with Gasteiger partial charge in [-0.3, -0.25) is 0 Å². The predicted molar refractivity (Wildman–Crippen MR) is 106 cm³/mol. The number of hydrogen-bond donors (Lipinski definition) is 1. The monoisotopic (exact) mass is 348 g/mol. The first-order valence-electron chi connectivity index (χ1n) is 10.3. The second-order valence-electron chi connectivity index (χ2n) is 8.17. The molecule has 2 saturated carbocycles. The Hall–Kier alpha value is -2.10. The van der Waals surface area contributed by atoms with Crippen LogP contribution in [0, 0.1) is 0 Å². The van der Waals surface area contributed by atoms with Gasteiger partial charge in [-0.2, -0.15) is 4.98 Å². The van der Waals surface area contributed by atoms with Crippen molar-refractivity contribution in [2.45, 2.75) is 69.9 Å². The molecule has 0 spiro atoms. The molecular formula is C22H28N4. The van der Waals surface area contributed by atoms with Gasteiger partial charge in [0, 0.05) is 31.1 Å². The van der Waals surface area contributed by atoms with Crippen LogP contribution in [0.25, 0.3) is 0 Å². The standard InChI is InChI=1S/C22H28N4/c1-2-8-19(9-3-1)23-22-24-20(17-10-11-17)14-21(25-22)26-13-12-16-6-4-5-7-18(16)15-26/h4-7,14,17,19H,1-3,8-13,15H2,(H,23,24,25). The molecule has 0 bridgehead atoms. The van der Waals surface area contributed by atoms with E-state index in [-0.39, 0.29) is 0 Å². The second-order valence-corrected chi connectivity index (χ2v) is 8.17. The zero-order valence-corrected chi connectivity index (χ0v) is 15.5. The molecule has 0 saturated heterocycles. The average molecular weight is 348 g/mol. The van der Waals surface area contributed by atoms with Gasteiger partial charge < -0.3 is 10.2 Å². The van der Waals surface area contributed by atoms with Crippen LogP contribution in [0.3, 0.4) is 0 Å². The lowest BCUT2D eigenvalue weighted by Crippen LogP contribution is -2.31. The lowest BCUT2D eigenvalue weighted by Gasteiger charge is -2.30. The fourth-order valence-corrected chi connectivity index (χ4v) is 4.39. The van der Waals surface area contributed by atoms with Crippen molar-refractivity contribution in [3.8, 4) is 0 Å². The Labute approximate surface area is 156 Å². The number of fused-ring (bicyclic) bond motifs is 1. The average Bonchev–Trinajstić information content (AvgIpc) is 3.53. The van der Waals surface area contributed by atoms with E-state index < -0.39 is 0 Å². The zero-order valence-electron chi connectivity index (χ0n) is 15.5. The molecule has 136 valence electrons. The Bertz CT molecular complexity index is 777. The third kappa shape index (κ3) is 3.42. The lowest BCUT2D eigenvalue weighted by atomic mass is 9.96. The Morgan fingerprint density at radius 1 is 0.923 bits per heavy atom. The molecular weight excluding hydrogens is 320 g/mol. The summed E-state index contributed by atoms with van der Waals surface area (Å²) in [5, 5.41) is 3.65. The van der Waals surface area contributed by atoms with Crippen molar-refractivity contribution in [1.82, 2.24) is 9.97 Å². The summed E-state index contributed by atoms with van der Waals surface area (Å²) in [6.07, 6.45) is 10.2. The van der Waals surface area contributed by atoms with E-state index in [1.54, 1.807) is 0 Å². The molecule has 4 nitrogen and oxygen atoms in total. The first-order chi connectivity index (χ1) is 12.8. The first-order valence-corrected chi connectivity index (χ1v) is 10.3. The fraction of sp³-hybridized carbons (Fsp3) is 0.545. The van der Waals surface area contributed by atoms with E-state index >= 15 is 0 Å². The highest BCUT2D eigenvalue weighted by molar-refractivity contribution is 5.49. The van der Waals surface area contributed by atoms with Crippen LogP contribution in [-0.4, -0.2) is 22.6 Å². The molecule has 26 heavy (non-hydrogen) atoms. The van der Waals surface area contributed by atoms with Crippen LogP contribution in [-0.2, 0) is 13.0 Å². The second kappa shape index (κ2) is 6.90. The number of rotatable bonds is 4. The van der Waals surface area contributed by atoms with Crippen LogP contribution in [0.5, 0.6) is 0 Å². The molecule has 2 fully saturated rings. The van der Waals surface area contributed by atoms with Crippen LogP contribution in [0.15, 0.2) is 30.3 Å². The molecule has 3 aliphatic rings. The molecule has 0 radical (unpaired) electrons. The third-order valence-corrected chi connectivity index (χ3v) is 6.12. The SMILES string of the molecule is c1ccc2c(c1)CCN(c1cc(C3CC3)nc(NC3CCCCC3)n1)C2. The Kier molecular flexibility index (Phi) is 4.27. The largest absolute Gasteiger partial charge is 0.352 e. The molecule has 2 heterocycles. The molecule has 2 aromatic rings. The molecule has 1 aromatic carbocycles. The number of benzene rings is 1. The Morgan fingerprint density at radius 3 is 2.54 bits per heavy atom. The normalized spacial score (nSPS) is 20.7. The summed E-state index contributed by atoms with van der Waals surface area (Å²) in [7, 11) is 0. The van der Waals surface area contributed by atoms with Gasteiger partial charge in [0.05, 0.1) is 5.69 Å². The van der Waals surface area contributed by atoms with Crippen molar-refractivity contribution in [1.29, 1.82) is 0 Å². The van der Waals surface area contributed by atoms with Gasteiger partial charge in [0.2, 0.25) is 5.95 Å². The van der Waals surface area contributed by atoms with E-state index in [0.29, 0.717) is 12.0 Å². The Morgan fingerprint density at radius 2 is 1.73 bits per heavy atom. The van der Waals surface area contributed by atoms with E-state index in [1.807, 2.05) is 0 Å². The molecule has 0 unspecified atom stereocenters. The van der Waals surface area contributed by atoms with Gasteiger partial charge in [-0.1, -0.05) is 43.5 Å². The minimum Gasteiger partial charge on any atom is -0.352 e. The molecule has 1 N–H and O–H groups in total. The summed E-state index contributed by atoms with van der Waals surface area (Å²) in [6.45, 7) is 2.00. The molecule has 1 aliphatic heterocycles. The smallest absolute Gasteiger partial charge is 0.225 e. The van der Waals surface area contributed by atoms with Crippen molar-refractivity contribution < 1.29 is 0 Å². The molecule has 5 rings (SSSR count). The predicted octanol–water partition coefficient (Wildman–Crippen LogP) is 4.66. The van der Waals surface area contributed by atoms with Crippen LogP contribution < -0.4 is 10.2 Å². The summed E-state index contributed by atoms with van der Waals surface area (Å²) in [6, 6.07) is 11.6. The maximum absolute atomic E-state index is 4.94. The number of nitrogens with one attached hydrogen (secondary N) is 1. The van der Waals surface area contributed by atoms with Gasteiger partial charge in [0.1, 0.15) is 5.82 Å². The Balaban J connectivity index is 1.41. The number of anilines is 2. The van der Waals surface area contributed by atoms with E-state index in [9.17, 15) is 0 Å². The number of hydrogen-bond acceptors (Lipinski definition) is 4. The minimum atomic E-state index is 0.549. The van der Waals surface area contributed by atoms with Gasteiger partial charge in [0.25, 0.3) is 0 Å². The summed E-state index contributed by atoms with van der Waals surface area (Å²) in [4.78, 5) is 12.3. The highest BCUT2D eigenvalue weighted by Gasteiger charge is 2.28. The van der Waals surface area contributed by atoms with Gasteiger partial charge in [-0.25, -0.2) is 4.98 Å². The zero-order chi connectivity index (χ0) is 17.3. The third-order valence-electron chi connectivity index (χ3n) is 6.12. The van der Waals surface area contributed by atoms with Gasteiger partial charge in [-0.15, -0.1) is 0 Å². The number of nitrogens with zero attached hydrogens (tertiary/aromatic N) is 3.